The van der Waals surface area contributed by atoms with Crippen molar-refractivity contribution in [1.29, 1.82) is 0 Å². The first kappa shape index (κ1) is 25.6. The number of unbranched alkanes of at least 4 members (excludes halogenated alkanes) is 12. The van der Waals surface area contributed by atoms with E-state index in [-0.39, 0.29) is 12.5 Å². The lowest BCUT2D eigenvalue weighted by atomic mass is 9.99. The van der Waals surface area contributed by atoms with Crippen molar-refractivity contribution in [3.63, 3.8) is 0 Å². The first-order valence-electron chi connectivity index (χ1n) is 10.8. The van der Waals surface area contributed by atoms with Gasteiger partial charge < -0.3 is 0 Å². The summed E-state index contributed by atoms with van der Waals surface area (Å²) in [5.74, 6) is 0.0626. The molecule has 0 aliphatic rings. The molecular formula is C21H42O4S. The van der Waals surface area contributed by atoms with E-state index in [4.69, 9.17) is 4.55 Å². The second kappa shape index (κ2) is 18.0. The van der Waals surface area contributed by atoms with Gasteiger partial charge in [0.1, 0.15) is 0 Å². The third kappa shape index (κ3) is 19.9. The minimum atomic E-state index is -4.34. The van der Waals surface area contributed by atoms with Gasteiger partial charge in [-0.15, -0.1) is 0 Å². The average molecular weight is 391 g/mol. The van der Waals surface area contributed by atoms with Crippen LogP contribution in [-0.2, 0) is 14.6 Å². The monoisotopic (exact) mass is 390 g/mol. The Kier molecular flexibility index (Phi) is 17.7. The zero-order valence-corrected chi connectivity index (χ0v) is 17.9. The van der Waals surface area contributed by atoms with Gasteiger partial charge in [-0.05, 0) is 19.3 Å². The molecule has 156 valence electrons. The summed E-state index contributed by atoms with van der Waals surface area (Å²) in [6.45, 7) is 4.47. The van der Waals surface area contributed by atoms with Crippen molar-refractivity contribution in [3.05, 3.63) is 12.2 Å². The molecule has 26 heavy (non-hydrogen) atoms. The summed E-state index contributed by atoms with van der Waals surface area (Å²) in [4.78, 5) is 0. The first-order chi connectivity index (χ1) is 12.5. The van der Waals surface area contributed by atoms with E-state index < -0.39 is 10.4 Å². The standard InChI is InChI=1S/C21H42O4S/c1-3-5-7-9-10-11-12-13-15-17-19-21(20-25-26(22,23)24)18-16-14-8-6-4-2/h16,18,21H,3-15,17,19-20H2,1-2H3,(H,22,23,24)/b18-16+. The lowest BCUT2D eigenvalue weighted by Crippen LogP contribution is -2.12. The molecule has 1 unspecified atom stereocenters. The molecule has 0 heterocycles. The van der Waals surface area contributed by atoms with E-state index >= 15 is 0 Å². The molecule has 0 amide bonds. The molecular weight excluding hydrogens is 348 g/mol. The van der Waals surface area contributed by atoms with E-state index in [0.29, 0.717) is 0 Å². The molecule has 0 rings (SSSR count). The molecule has 0 aromatic heterocycles. The van der Waals surface area contributed by atoms with Crippen LogP contribution in [-0.4, -0.2) is 19.6 Å². The highest BCUT2D eigenvalue weighted by Crippen LogP contribution is 2.16. The number of hydrogen-bond acceptors (Lipinski definition) is 3. The maximum Gasteiger partial charge on any atom is 0.397 e. The SMILES string of the molecule is CCCCC/C=C/C(CCCCCCCCCCCC)COS(=O)(=O)O. The Labute approximate surface area is 162 Å². The van der Waals surface area contributed by atoms with Crippen LogP contribution >= 0.6 is 0 Å². The van der Waals surface area contributed by atoms with Gasteiger partial charge in [0.15, 0.2) is 0 Å². The third-order valence-corrected chi connectivity index (χ3v) is 5.18. The summed E-state index contributed by atoms with van der Waals surface area (Å²) >= 11 is 0. The molecule has 5 heteroatoms. The molecule has 0 aliphatic heterocycles. The fourth-order valence-corrected chi connectivity index (χ4v) is 3.45. The number of allylic oxidation sites excluding steroid dienone is 1. The predicted molar refractivity (Wildman–Crippen MR) is 111 cm³/mol. The van der Waals surface area contributed by atoms with Gasteiger partial charge in [-0.3, -0.25) is 4.55 Å². The van der Waals surface area contributed by atoms with Gasteiger partial charge >= 0.3 is 10.4 Å². The lowest BCUT2D eigenvalue weighted by Gasteiger charge is -2.12. The summed E-state index contributed by atoms with van der Waals surface area (Å²) in [6, 6.07) is 0. The average Bonchev–Trinajstić information content (AvgIpc) is 2.59. The minimum Gasteiger partial charge on any atom is -0.264 e. The van der Waals surface area contributed by atoms with E-state index in [2.05, 4.69) is 30.2 Å². The van der Waals surface area contributed by atoms with Crippen LogP contribution in [0, 0.1) is 5.92 Å². The maximum atomic E-state index is 10.8. The van der Waals surface area contributed by atoms with Crippen molar-refractivity contribution in [3.8, 4) is 0 Å². The van der Waals surface area contributed by atoms with E-state index in [1.807, 2.05) is 0 Å². The molecule has 0 saturated carbocycles. The quantitative estimate of drug-likeness (QED) is 0.148. The van der Waals surface area contributed by atoms with Crippen LogP contribution in [0.4, 0.5) is 0 Å². The van der Waals surface area contributed by atoms with E-state index in [0.717, 1.165) is 25.7 Å². The van der Waals surface area contributed by atoms with Crippen molar-refractivity contribution in [2.75, 3.05) is 6.61 Å². The van der Waals surface area contributed by atoms with Gasteiger partial charge in [-0.1, -0.05) is 103 Å². The highest BCUT2D eigenvalue weighted by Gasteiger charge is 2.11. The van der Waals surface area contributed by atoms with Crippen molar-refractivity contribution in [2.45, 2.75) is 110 Å². The molecule has 0 saturated heterocycles. The van der Waals surface area contributed by atoms with Gasteiger partial charge in [0, 0.05) is 5.92 Å². The van der Waals surface area contributed by atoms with Gasteiger partial charge in [-0.25, -0.2) is 4.18 Å². The molecule has 0 bridgehead atoms. The molecule has 0 spiro atoms. The van der Waals surface area contributed by atoms with Crippen LogP contribution < -0.4 is 0 Å². The summed E-state index contributed by atoms with van der Waals surface area (Å²) in [5, 5.41) is 0. The van der Waals surface area contributed by atoms with Crippen LogP contribution in [0.15, 0.2) is 12.2 Å². The topological polar surface area (TPSA) is 63.6 Å². The van der Waals surface area contributed by atoms with Crippen LogP contribution in [0.5, 0.6) is 0 Å². The molecule has 4 nitrogen and oxygen atoms in total. The van der Waals surface area contributed by atoms with Gasteiger partial charge in [0.25, 0.3) is 0 Å². The van der Waals surface area contributed by atoms with Gasteiger partial charge in [-0.2, -0.15) is 8.42 Å². The zero-order chi connectivity index (χ0) is 19.5. The van der Waals surface area contributed by atoms with Crippen LogP contribution in [0.1, 0.15) is 110 Å². The van der Waals surface area contributed by atoms with Gasteiger partial charge in [0.2, 0.25) is 0 Å². The highest BCUT2D eigenvalue weighted by molar-refractivity contribution is 7.80. The van der Waals surface area contributed by atoms with Crippen LogP contribution in [0.25, 0.3) is 0 Å². The Morgan fingerprint density at radius 3 is 1.85 bits per heavy atom. The third-order valence-electron chi connectivity index (χ3n) is 4.74. The van der Waals surface area contributed by atoms with Crippen LogP contribution in [0.3, 0.4) is 0 Å². The smallest absolute Gasteiger partial charge is 0.264 e. The maximum absolute atomic E-state index is 10.8. The summed E-state index contributed by atoms with van der Waals surface area (Å²) in [5.41, 5.74) is 0. The molecule has 0 aromatic rings. The highest BCUT2D eigenvalue weighted by atomic mass is 32.3. The van der Waals surface area contributed by atoms with Gasteiger partial charge in [0.05, 0.1) is 6.61 Å². The Morgan fingerprint density at radius 2 is 1.31 bits per heavy atom. The summed E-state index contributed by atoms with van der Waals surface area (Å²) in [6.07, 6.45) is 22.6. The van der Waals surface area contributed by atoms with Crippen LogP contribution in [0.2, 0.25) is 0 Å². The normalized spacial score (nSPS) is 13.5. The largest absolute Gasteiger partial charge is 0.397 e. The van der Waals surface area contributed by atoms with Crippen molar-refractivity contribution >= 4 is 10.4 Å². The number of rotatable bonds is 19. The Hall–Kier alpha value is -0.390. The minimum absolute atomic E-state index is 0.0422. The second-order valence-corrected chi connectivity index (χ2v) is 8.46. The summed E-state index contributed by atoms with van der Waals surface area (Å²) in [7, 11) is -4.34. The fourth-order valence-electron chi connectivity index (χ4n) is 3.10. The Bertz CT molecular complexity index is 418. The lowest BCUT2D eigenvalue weighted by molar-refractivity contribution is 0.234. The molecule has 1 N–H and O–H groups in total. The fraction of sp³-hybridized carbons (Fsp3) is 0.905. The number of hydrogen-bond donors (Lipinski definition) is 1. The van der Waals surface area contributed by atoms with Crippen molar-refractivity contribution < 1.29 is 17.2 Å². The van der Waals surface area contributed by atoms with E-state index in [1.54, 1.807) is 0 Å². The van der Waals surface area contributed by atoms with E-state index in [9.17, 15) is 8.42 Å². The summed E-state index contributed by atoms with van der Waals surface area (Å²) < 4.78 is 35.0. The Balaban J connectivity index is 3.87. The van der Waals surface area contributed by atoms with Crippen molar-refractivity contribution in [1.82, 2.24) is 0 Å². The zero-order valence-electron chi connectivity index (χ0n) is 17.1. The van der Waals surface area contributed by atoms with Crippen molar-refractivity contribution in [2.24, 2.45) is 5.92 Å². The molecule has 0 radical (unpaired) electrons. The first-order valence-corrected chi connectivity index (χ1v) is 12.1. The molecule has 0 fully saturated rings. The predicted octanol–water partition coefficient (Wildman–Crippen LogP) is 6.87. The molecule has 0 aliphatic carbocycles. The Morgan fingerprint density at radius 1 is 0.808 bits per heavy atom. The molecule has 0 aromatic carbocycles. The second-order valence-electron chi connectivity index (χ2n) is 7.37. The molecule has 1 atom stereocenters. The van der Waals surface area contributed by atoms with E-state index in [1.165, 1.54) is 70.6 Å².